The minimum atomic E-state index is -0.892. The maximum Gasteiger partial charge on any atom is 0.338 e. The molecule has 3 rings (SSSR count). The SMILES string of the molecule is CCOC(=O)c1cccc(N2C(=O)C(O)=C(C(=O)CC(C)C)C2c2ccc(O)cc2)c1. The molecular formula is C24H25NO6. The summed E-state index contributed by atoms with van der Waals surface area (Å²) in [6.45, 7) is 5.66. The number of benzene rings is 2. The summed E-state index contributed by atoms with van der Waals surface area (Å²) in [5, 5.41) is 20.3. The van der Waals surface area contributed by atoms with Crippen LogP contribution in [-0.4, -0.2) is 34.5 Å². The molecule has 0 saturated heterocycles. The fourth-order valence-corrected chi connectivity index (χ4v) is 3.61. The first kappa shape index (κ1) is 22.1. The van der Waals surface area contributed by atoms with E-state index in [1.54, 1.807) is 37.3 Å². The van der Waals surface area contributed by atoms with Crippen LogP contribution in [-0.2, 0) is 14.3 Å². The van der Waals surface area contributed by atoms with Gasteiger partial charge in [-0.3, -0.25) is 14.5 Å². The number of ether oxygens (including phenoxy) is 1. The zero-order chi connectivity index (χ0) is 22.7. The zero-order valence-electron chi connectivity index (χ0n) is 17.7. The molecular weight excluding hydrogens is 398 g/mol. The van der Waals surface area contributed by atoms with Gasteiger partial charge in [-0.05, 0) is 48.7 Å². The van der Waals surface area contributed by atoms with E-state index in [0.29, 0.717) is 11.3 Å². The number of aromatic hydroxyl groups is 1. The maximum absolute atomic E-state index is 13.1. The van der Waals surface area contributed by atoms with Crippen LogP contribution in [0.3, 0.4) is 0 Å². The molecule has 7 heteroatoms. The summed E-state index contributed by atoms with van der Waals surface area (Å²) in [5.74, 6) is -2.14. The van der Waals surface area contributed by atoms with Crippen molar-refractivity contribution in [3.63, 3.8) is 0 Å². The van der Waals surface area contributed by atoms with Gasteiger partial charge in [-0.1, -0.05) is 32.0 Å². The molecule has 1 unspecified atom stereocenters. The van der Waals surface area contributed by atoms with E-state index in [4.69, 9.17) is 4.74 Å². The van der Waals surface area contributed by atoms with Gasteiger partial charge in [-0.25, -0.2) is 4.79 Å². The summed E-state index contributed by atoms with van der Waals surface area (Å²) >= 11 is 0. The van der Waals surface area contributed by atoms with E-state index in [1.807, 2.05) is 13.8 Å². The van der Waals surface area contributed by atoms with Crippen molar-refractivity contribution in [1.82, 2.24) is 0 Å². The minimum Gasteiger partial charge on any atom is -0.508 e. The highest BCUT2D eigenvalue weighted by molar-refractivity contribution is 6.16. The normalized spacial score (nSPS) is 16.2. The molecule has 1 aliphatic heterocycles. The summed E-state index contributed by atoms with van der Waals surface area (Å²) in [6, 6.07) is 11.5. The van der Waals surface area contributed by atoms with Gasteiger partial charge >= 0.3 is 5.97 Å². The Kier molecular flexibility index (Phi) is 6.44. The van der Waals surface area contributed by atoms with E-state index in [0.717, 1.165) is 0 Å². The van der Waals surface area contributed by atoms with Gasteiger partial charge in [0.25, 0.3) is 5.91 Å². The molecule has 1 atom stereocenters. The molecule has 0 radical (unpaired) electrons. The smallest absolute Gasteiger partial charge is 0.338 e. The first-order valence-electron chi connectivity index (χ1n) is 10.1. The lowest BCUT2D eigenvalue weighted by Gasteiger charge is -2.27. The number of phenols is 1. The Hall–Kier alpha value is -3.61. The first-order valence-corrected chi connectivity index (χ1v) is 10.1. The Morgan fingerprint density at radius 2 is 1.77 bits per heavy atom. The van der Waals surface area contributed by atoms with Crippen molar-refractivity contribution in [2.45, 2.75) is 33.2 Å². The largest absolute Gasteiger partial charge is 0.508 e. The van der Waals surface area contributed by atoms with Crippen molar-refractivity contribution >= 4 is 23.3 Å². The number of carbonyl (C=O) groups is 3. The molecule has 2 N–H and O–H groups in total. The summed E-state index contributed by atoms with van der Waals surface area (Å²) in [5.41, 5.74) is 1.14. The van der Waals surface area contributed by atoms with Gasteiger partial charge in [0.15, 0.2) is 11.5 Å². The Bertz CT molecular complexity index is 1040. The van der Waals surface area contributed by atoms with E-state index < -0.39 is 23.7 Å². The predicted molar refractivity (Wildman–Crippen MR) is 115 cm³/mol. The van der Waals surface area contributed by atoms with Crippen molar-refractivity contribution in [1.29, 1.82) is 0 Å². The summed E-state index contributed by atoms with van der Waals surface area (Å²) in [4.78, 5) is 39.5. The molecule has 2 aromatic carbocycles. The fraction of sp³-hybridized carbons (Fsp3) is 0.292. The average molecular weight is 423 g/mol. The van der Waals surface area contributed by atoms with Gasteiger partial charge in [-0.15, -0.1) is 0 Å². The number of aliphatic hydroxyl groups is 1. The van der Waals surface area contributed by atoms with Crippen molar-refractivity contribution < 1.29 is 29.3 Å². The standard InChI is InChI=1S/C24H25NO6/c1-4-31-24(30)16-6-5-7-17(13-16)25-21(15-8-10-18(26)11-9-15)20(22(28)23(25)29)19(27)12-14(2)3/h5-11,13-14,21,26,28H,4,12H2,1-3H3. The number of Topliss-reactive ketones (excluding diaryl/α,β-unsaturated/α-hetero) is 1. The van der Waals surface area contributed by atoms with Crippen LogP contribution in [0.5, 0.6) is 5.75 Å². The molecule has 0 bridgehead atoms. The highest BCUT2D eigenvalue weighted by Gasteiger charge is 2.44. The lowest BCUT2D eigenvalue weighted by atomic mass is 9.92. The second kappa shape index (κ2) is 9.04. The summed E-state index contributed by atoms with van der Waals surface area (Å²) in [7, 11) is 0. The fourth-order valence-electron chi connectivity index (χ4n) is 3.61. The van der Waals surface area contributed by atoms with E-state index in [9.17, 15) is 24.6 Å². The molecule has 0 fully saturated rings. The highest BCUT2D eigenvalue weighted by Crippen LogP contribution is 2.42. The first-order chi connectivity index (χ1) is 14.7. The van der Waals surface area contributed by atoms with Crippen LogP contribution in [0.2, 0.25) is 0 Å². The number of ketones is 1. The lowest BCUT2D eigenvalue weighted by molar-refractivity contribution is -0.118. The van der Waals surface area contributed by atoms with Crippen LogP contribution in [0, 0.1) is 5.92 Å². The van der Waals surface area contributed by atoms with Gasteiger partial charge in [0.05, 0.1) is 23.8 Å². The van der Waals surface area contributed by atoms with Crippen LogP contribution in [0.4, 0.5) is 5.69 Å². The second-order valence-electron chi connectivity index (χ2n) is 7.72. The number of hydrogen-bond acceptors (Lipinski definition) is 6. The van der Waals surface area contributed by atoms with Crippen molar-refractivity contribution in [3.05, 3.63) is 71.0 Å². The Balaban J connectivity index is 2.12. The third-order valence-electron chi connectivity index (χ3n) is 4.95. The second-order valence-corrected chi connectivity index (χ2v) is 7.72. The van der Waals surface area contributed by atoms with E-state index in [1.165, 1.54) is 23.1 Å². The minimum absolute atomic E-state index is 0.00549. The molecule has 1 heterocycles. The van der Waals surface area contributed by atoms with Crippen LogP contribution < -0.4 is 4.90 Å². The third kappa shape index (κ3) is 4.45. The van der Waals surface area contributed by atoms with Gasteiger partial charge in [-0.2, -0.15) is 0 Å². The molecule has 31 heavy (non-hydrogen) atoms. The summed E-state index contributed by atoms with van der Waals surface area (Å²) in [6.07, 6.45) is 0.165. The molecule has 162 valence electrons. The number of amides is 1. The summed E-state index contributed by atoms with van der Waals surface area (Å²) < 4.78 is 5.04. The molecule has 7 nitrogen and oxygen atoms in total. The monoisotopic (exact) mass is 423 g/mol. The van der Waals surface area contributed by atoms with E-state index >= 15 is 0 Å². The number of esters is 1. The number of hydrogen-bond donors (Lipinski definition) is 2. The lowest BCUT2D eigenvalue weighted by Crippen LogP contribution is -2.31. The van der Waals surface area contributed by atoms with Gasteiger partial charge in [0.2, 0.25) is 0 Å². The number of anilines is 1. The maximum atomic E-state index is 13.1. The number of aliphatic hydroxyl groups excluding tert-OH is 1. The zero-order valence-corrected chi connectivity index (χ0v) is 17.7. The molecule has 0 aromatic heterocycles. The van der Waals surface area contributed by atoms with Crippen LogP contribution in [0.15, 0.2) is 59.9 Å². The quantitative estimate of drug-likeness (QED) is 0.650. The Morgan fingerprint density at radius 3 is 2.39 bits per heavy atom. The van der Waals surface area contributed by atoms with Gasteiger partial charge in [0.1, 0.15) is 5.75 Å². The predicted octanol–water partition coefficient (Wildman–Crippen LogP) is 4.08. The van der Waals surface area contributed by atoms with Crippen molar-refractivity contribution in [2.75, 3.05) is 11.5 Å². The van der Waals surface area contributed by atoms with Gasteiger partial charge in [0, 0.05) is 12.1 Å². The van der Waals surface area contributed by atoms with Crippen LogP contribution in [0.25, 0.3) is 0 Å². The third-order valence-corrected chi connectivity index (χ3v) is 4.95. The highest BCUT2D eigenvalue weighted by atomic mass is 16.5. The number of carbonyl (C=O) groups excluding carboxylic acids is 3. The van der Waals surface area contributed by atoms with Crippen LogP contribution in [0.1, 0.15) is 49.2 Å². The van der Waals surface area contributed by atoms with Crippen molar-refractivity contribution in [2.24, 2.45) is 5.92 Å². The van der Waals surface area contributed by atoms with Crippen LogP contribution >= 0.6 is 0 Å². The Labute approximate surface area is 180 Å². The molecule has 0 aliphatic carbocycles. The Morgan fingerprint density at radius 1 is 1.10 bits per heavy atom. The molecule has 0 spiro atoms. The molecule has 1 amide bonds. The number of nitrogens with zero attached hydrogens (tertiary/aromatic N) is 1. The van der Waals surface area contributed by atoms with E-state index in [-0.39, 0.29) is 41.6 Å². The number of rotatable bonds is 7. The topological polar surface area (TPSA) is 104 Å². The molecule has 1 aliphatic rings. The number of phenolic OH excluding ortho intramolecular Hbond substituents is 1. The molecule has 2 aromatic rings. The van der Waals surface area contributed by atoms with Gasteiger partial charge < -0.3 is 14.9 Å². The van der Waals surface area contributed by atoms with E-state index in [2.05, 4.69) is 0 Å². The molecule has 0 saturated carbocycles. The average Bonchev–Trinajstić information content (AvgIpc) is 2.99. The van der Waals surface area contributed by atoms with Crippen molar-refractivity contribution in [3.8, 4) is 5.75 Å².